The molecule has 0 bridgehead atoms. The van der Waals surface area contributed by atoms with Crippen LogP contribution in [0, 0.1) is 0 Å². The second-order valence-corrected chi connectivity index (χ2v) is 8.82. The van der Waals surface area contributed by atoms with Crippen molar-refractivity contribution in [3.05, 3.63) is 76.6 Å². The first-order valence-electron chi connectivity index (χ1n) is 9.39. The molecule has 4 rings (SSSR count). The zero-order valence-electron chi connectivity index (χ0n) is 16.6. The largest absolute Gasteiger partial charge is 0.418 e. The minimum Gasteiger partial charge on any atom is -0.325 e. The number of nitrogens with one attached hydrogen (secondary N) is 1. The summed E-state index contributed by atoms with van der Waals surface area (Å²) in [5.41, 5.74) is 0.00879. The Morgan fingerprint density at radius 3 is 2.53 bits per heavy atom. The number of hydrogen-bond acceptors (Lipinski definition) is 5. The quantitative estimate of drug-likeness (QED) is 0.310. The molecule has 0 aliphatic carbocycles. The van der Waals surface area contributed by atoms with Gasteiger partial charge >= 0.3 is 6.18 Å². The van der Waals surface area contributed by atoms with Crippen molar-refractivity contribution in [1.29, 1.82) is 0 Å². The average molecular weight is 476 g/mol. The number of anilines is 1. The summed E-state index contributed by atoms with van der Waals surface area (Å²) in [5.74, 6) is -0.829. The highest BCUT2D eigenvalue weighted by Gasteiger charge is 2.33. The van der Waals surface area contributed by atoms with Crippen molar-refractivity contribution < 1.29 is 18.0 Å². The Hall–Kier alpha value is -3.11. The molecule has 0 spiro atoms. The minimum atomic E-state index is -4.58. The molecule has 1 N–H and O–H groups in total. The van der Waals surface area contributed by atoms with Gasteiger partial charge in [0.15, 0.2) is 5.16 Å². The number of benzene rings is 2. The molecule has 0 unspecified atom stereocenters. The number of nitrogens with zero attached hydrogens (tertiary/aromatic N) is 2. The summed E-state index contributed by atoms with van der Waals surface area (Å²) in [6.07, 6.45) is -4.58. The molecule has 0 atom stereocenters. The summed E-state index contributed by atoms with van der Waals surface area (Å²) in [6.45, 7) is 0. The number of hydrogen-bond donors (Lipinski definition) is 1. The van der Waals surface area contributed by atoms with Gasteiger partial charge in [0.1, 0.15) is 4.70 Å². The van der Waals surface area contributed by atoms with E-state index in [1.54, 1.807) is 7.05 Å². The molecule has 10 heteroatoms. The molecule has 2 aromatic carbocycles. The maximum Gasteiger partial charge on any atom is 0.418 e. The number of para-hydroxylation sites is 1. The lowest BCUT2D eigenvalue weighted by Gasteiger charge is -2.13. The molecular weight excluding hydrogens is 459 g/mol. The maximum atomic E-state index is 13.1. The molecule has 164 valence electrons. The fraction of sp³-hybridized carbons (Fsp3) is 0.136. The van der Waals surface area contributed by atoms with Crippen LogP contribution in [0.1, 0.15) is 5.56 Å². The summed E-state index contributed by atoms with van der Waals surface area (Å²) in [6, 6.07) is 16.2. The Bertz CT molecular complexity index is 1350. The van der Waals surface area contributed by atoms with Gasteiger partial charge in [0.2, 0.25) is 5.91 Å². The smallest absolute Gasteiger partial charge is 0.325 e. The number of carbonyl (C=O) groups is 1. The lowest BCUT2D eigenvalue weighted by Crippen LogP contribution is -2.21. The lowest BCUT2D eigenvalue weighted by atomic mass is 10.1. The van der Waals surface area contributed by atoms with Crippen LogP contribution in [0.3, 0.4) is 0 Å². The third-order valence-electron chi connectivity index (χ3n) is 4.61. The molecule has 5 nitrogen and oxygen atoms in total. The standard InChI is InChI=1S/C22H16F3N3O2S2/c1-28-20(30)19-16(11-17(32-19)13-7-3-2-4-8-13)27-21(28)31-12-18(29)26-15-10-6-5-9-14(15)22(23,24)25/h2-11H,12H2,1H3,(H,26,29). The zero-order valence-corrected chi connectivity index (χ0v) is 18.3. The molecule has 4 aromatic rings. The first-order chi connectivity index (χ1) is 15.2. The van der Waals surface area contributed by atoms with Gasteiger partial charge in [-0.3, -0.25) is 14.2 Å². The van der Waals surface area contributed by atoms with Crippen LogP contribution in [0.2, 0.25) is 0 Å². The highest BCUT2D eigenvalue weighted by molar-refractivity contribution is 7.99. The number of carbonyl (C=O) groups excluding carboxylic acids is 1. The van der Waals surface area contributed by atoms with E-state index in [1.165, 1.54) is 34.1 Å². The van der Waals surface area contributed by atoms with Crippen molar-refractivity contribution in [2.75, 3.05) is 11.1 Å². The first-order valence-corrected chi connectivity index (χ1v) is 11.2. The molecule has 0 radical (unpaired) electrons. The highest BCUT2D eigenvalue weighted by atomic mass is 32.2. The molecule has 0 aliphatic rings. The molecule has 1 amide bonds. The van der Waals surface area contributed by atoms with Crippen LogP contribution in [0.5, 0.6) is 0 Å². The van der Waals surface area contributed by atoms with E-state index in [0.717, 1.165) is 28.3 Å². The third-order valence-corrected chi connectivity index (χ3v) is 6.80. The van der Waals surface area contributed by atoms with E-state index in [9.17, 15) is 22.8 Å². The summed E-state index contributed by atoms with van der Waals surface area (Å²) >= 11 is 2.32. The summed E-state index contributed by atoms with van der Waals surface area (Å²) < 4.78 is 41.2. The molecule has 2 aromatic heterocycles. The van der Waals surface area contributed by atoms with Crippen molar-refractivity contribution in [2.45, 2.75) is 11.3 Å². The Kier molecular flexibility index (Phi) is 6.07. The van der Waals surface area contributed by atoms with Crippen molar-refractivity contribution in [2.24, 2.45) is 7.05 Å². The predicted octanol–water partition coefficient (Wildman–Crippen LogP) is 5.41. The van der Waals surface area contributed by atoms with Gasteiger partial charge < -0.3 is 5.32 Å². The number of thiophene rings is 1. The summed E-state index contributed by atoms with van der Waals surface area (Å²) in [5, 5.41) is 2.60. The van der Waals surface area contributed by atoms with Crippen LogP contribution in [-0.2, 0) is 18.0 Å². The maximum absolute atomic E-state index is 13.1. The molecule has 2 heterocycles. The summed E-state index contributed by atoms with van der Waals surface area (Å²) in [7, 11) is 1.55. The van der Waals surface area contributed by atoms with Gasteiger partial charge in [0.25, 0.3) is 5.56 Å². The predicted molar refractivity (Wildman–Crippen MR) is 121 cm³/mol. The van der Waals surface area contributed by atoms with Gasteiger partial charge in [-0.25, -0.2) is 4.98 Å². The van der Waals surface area contributed by atoms with E-state index in [2.05, 4.69) is 10.3 Å². The van der Waals surface area contributed by atoms with Crippen molar-refractivity contribution in [3.8, 4) is 10.4 Å². The van der Waals surface area contributed by atoms with Crippen LogP contribution in [0.4, 0.5) is 18.9 Å². The number of rotatable bonds is 5. The topological polar surface area (TPSA) is 64.0 Å². The Morgan fingerprint density at radius 2 is 1.81 bits per heavy atom. The van der Waals surface area contributed by atoms with Gasteiger partial charge in [0.05, 0.1) is 22.5 Å². The Morgan fingerprint density at radius 1 is 1.12 bits per heavy atom. The lowest BCUT2D eigenvalue weighted by molar-refractivity contribution is -0.137. The fourth-order valence-electron chi connectivity index (χ4n) is 3.06. The van der Waals surface area contributed by atoms with E-state index in [0.29, 0.717) is 15.4 Å². The van der Waals surface area contributed by atoms with Crippen LogP contribution in [0.25, 0.3) is 20.7 Å². The first kappa shape index (κ1) is 22.1. The van der Waals surface area contributed by atoms with Gasteiger partial charge in [-0.1, -0.05) is 54.2 Å². The number of thioether (sulfide) groups is 1. The van der Waals surface area contributed by atoms with Crippen LogP contribution in [0.15, 0.2) is 70.6 Å². The minimum absolute atomic E-state index is 0.201. The van der Waals surface area contributed by atoms with E-state index in [-0.39, 0.29) is 17.0 Å². The molecule has 0 fully saturated rings. The zero-order chi connectivity index (χ0) is 22.9. The van der Waals surface area contributed by atoms with Crippen molar-refractivity contribution in [3.63, 3.8) is 0 Å². The molecule has 0 saturated carbocycles. The highest BCUT2D eigenvalue weighted by Crippen LogP contribution is 2.35. The third kappa shape index (κ3) is 4.56. The normalized spacial score (nSPS) is 11.6. The fourth-order valence-corrected chi connectivity index (χ4v) is 4.91. The number of alkyl halides is 3. The van der Waals surface area contributed by atoms with E-state index in [1.807, 2.05) is 36.4 Å². The second kappa shape index (κ2) is 8.79. The van der Waals surface area contributed by atoms with E-state index >= 15 is 0 Å². The number of amides is 1. The number of halogens is 3. The average Bonchev–Trinajstić information content (AvgIpc) is 3.20. The van der Waals surface area contributed by atoms with Crippen LogP contribution in [-0.4, -0.2) is 21.2 Å². The van der Waals surface area contributed by atoms with Crippen molar-refractivity contribution in [1.82, 2.24) is 9.55 Å². The van der Waals surface area contributed by atoms with E-state index < -0.39 is 17.6 Å². The number of fused-ring (bicyclic) bond motifs is 1. The molecule has 0 aliphatic heterocycles. The van der Waals surface area contributed by atoms with Gasteiger partial charge in [-0.05, 0) is 23.8 Å². The SMILES string of the molecule is Cn1c(SCC(=O)Nc2ccccc2C(F)(F)F)nc2cc(-c3ccccc3)sc2c1=O. The van der Waals surface area contributed by atoms with E-state index in [4.69, 9.17) is 0 Å². The van der Waals surface area contributed by atoms with Gasteiger partial charge in [0, 0.05) is 11.9 Å². The Balaban J connectivity index is 1.54. The summed E-state index contributed by atoms with van der Waals surface area (Å²) in [4.78, 5) is 30.5. The molecular formula is C22H16F3N3O2S2. The van der Waals surface area contributed by atoms with Crippen LogP contribution < -0.4 is 10.9 Å². The Labute approximate surface area is 188 Å². The second-order valence-electron chi connectivity index (χ2n) is 6.83. The molecule has 0 saturated heterocycles. The van der Waals surface area contributed by atoms with Crippen molar-refractivity contribution >= 4 is 44.9 Å². The monoisotopic (exact) mass is 475 g/mol. The van der Waals surface area contributed by atoms with Crippen LogP contribution >= 0.6 is 23.1 Å². The van der Waals surface area contributed by atoms with Gasteiger partial charge in [-0.15, -0.1) is 11.3 Å². The molecule has 32 heavy (non-hydrogen) atoms. The van der Waals surface area contributed by atoms with Gasteiger partial charge in [-0.2, -0.15) is 13.2 Å². The number of aromatic nitrogens is 2.